The molecule has 0 radical (unpaired) electrons. The van der Waals surface area contributed by atoms with Crippen LogP contribution in [0.25, 0.3) is 0 Å². The number of hydrogen-bond acceptors (Lipinski definition) is 3. The molecule has 0 spiro atoms. The van der Waals surface area contributed by atoms with Gasteiger partial charge in [0, 0.05) is 6.42 Å². The minimum absolute atomic E-state index is 0.458. The number of halogens is 1. The summed E-state index contributed by atoms with van der Waals surface area (Å²) in [5.74, 6) is 5.72. The SMILES string of the molecule is CCc1cc(Cl)c(OC)c(CCON)c1. The summed E-state index contributed by atoms with van der Waals surface area (Å²) >= 11 is 6.10. The van der Waals surface area contributed by atoms with E-state index in [0.717, 1.165) is 12.0 Å². The summed E-state index contributed by atoms with van der Waals surface area (Å²) in [6.45, 7) is 2.54. The van der Waals surface area contributed by atoms with E-state index in [2.05, 4.69) is 17.8 Å². The maximum atomic E-state index is 6.10. The Hall–Kier alpha value is -0.770. The van der Waals surface area contributed by atoms with Gasteiger partial charge in [0.25, 0.3) is 0 Å². The van der Waals surface area contributed by atoms with Crippen LogP contribution in [0.3, 0.4) is 0 Å². The molecular formula is C11H16ClNO2. The third-order valence-corrected chi connectivity index (χ3v) is 2.56. The molecule has 0 bridgehead atoms. The molecule has 0 aliphatic rings. The second-order valence-corrected chi connectivity index (χ2v) is 3.65. The van der Waals surface area contributed by atoms with Gasteiger partial charge in [0.2, 0.25) is 0 Å². The van der Waals surface area contributed by atoms with Crippen molar-refractivity contribution in [1.82, 2.24) is 0 Å². The molecule has 1 aromatic carbocycles. The lowest BCUT2D eigenvalue weighted by atomic mass is 10.1. The number of aryl methyl sites for hydroxylation is 1. The van der Waals surface area contributed by atoms with Crippen molar-refractivity contribution in [2.24, 2.45) is 5.90 Å². The second kappa shape index (κ2) is 5.95. The Kier molecular flexibility index (Phi) is 4.88. The van der Waals surface area contributed by atoms with Crippen molar-refractivity contribution in [2.45, 2.75) is 19.8 Å². The first-order valence-electron chi connectivity index (χ1n) is 4.89. The van der Waals surface area contributed by atoms with Gasteiger partial charge >= 0.3 is 0 Å². The Morgan fingerprint density at radius 2 is 2.13 bits per heavy atom. The lowest BCUT2D eigenvalue weighted by molar-refractivity contribution is 0.140. The van der Waals surface area contributed by atoms with Crippen LogP contribution < -0.4 is 10.6 Å². The molecule has 0 saturated heterocycles. The molecule has 0 fully saturated rings. The van der Waals surface area contributed by atoms with Crippen molar-refractivity contribution in [3.8, 4) is 5.75 Å². The van der Waals surface area contributed by atoms with Crippen molar-refractivity contribution in [3.63, 3.8) is 0 Å². The number of nitrogens with two attached hydrogens (primary N) is 1. The minimum atomic E-state index is 0.458. The van der Waals surface area contributed by atoms with Crippen molar-refractivity contribution in [1.29, 1.82) is 0 Å². The molecule has 0 aromatic heterocycles. The van der Waals surface area contributed by atoms with Crippen molar-refractivity contribution >= 4 is 11.6 Å². The van der Waals surface area contributed by atoms with Crippen molar-refractivity contribution in [3.05, 3.63) is 28.3 Å². The van der Waals surface area contributed by atoms with E-state index in [4.69, 9.17) is 22.2 Å². The van der Waals surface area contributed by atoms with Crippen molar-refractivity contribution < 1.29 is 9.57 Å². The molecule has 0 saturated carbocycles. The van der Waals surface area contributed by atoms with E-state index in [9.17, 15) is 0 Å². The van der Waals surface area contributed by atoms with Crippen LogP contribution in [-0.2, 0) is 17.7 Å². The Morgan fingerprint density at radius 3 is 2.67 bits per heavy atom. The maximum absolute atomic E-state index is 6.10. The van der Waals surface area contributed by atoms with Gasteiger partial charge in [0.15, 0.2) is 0 Å². The molecule has 1 aromatic rings. The fourth-order valence-electron chi connectivity index (χ4n) is 1.50. The van der Waals surface area contributed by atoms with Gasteiger partial charge in [0.1, 0.15) is 5.75 Å². The van der Waals surface area contributed by atoms with Crippen LogP contribution in [0.1, 0.15) is 18.1 Å². The molecule has 0 aliphatic heterocycles. The molecule has 2 N–H and O–H groups in total. The molecule has 3 nitrogen and oxygen atoms in total. The van der Waals surface area contributed by atoms with Crippen LogP contribution in [0, 0.1) is 0 Å². The monoisotopic (exact) mass is 229 g/mol. The summed E-state index contributed by atoms with van der Waals surface area (Å²) in [6, 6.07) is 4.00. The zero-order valence-electron chi connectivity index (χ0n) is 9.05. The summed E-state index contributed by atoms with van der Waals surface area (Å²) in [4.78, 5) is 4.56. The lowest BCUT2D eigenvalue weighted by Crippen LogP contribution is -2.05. The van der Waals surface area contributed by atoms with E-state index in [0.29, 0.717) is 23.8 Å². The standard InChI is InChI=1S/C11H16ClNO2/c1-3-8-6-9(4-5-15-13)11(14-2)10(12)7-8/h6-7H,3-5,13H2,1-2H3. The summed E-state index contributed by atoms with van der Waals surface area (Å²) in [6.07, 6.45) is 1.65. The second-order valence-electron chi connectivity index (χ2n) is 3.24. The number of ether oxygens (including phenoxy) is 1. The summed E-state index contributed by atoms with van der Waals surface area (Å²) in [7, 11) is 1.61. The Bertz CT molecular complexity index is 329. The summed E-state index contributed by atoms with van der Waals surface area (Å²) < 4.78 is 5.24. The van der Waals surface area contributed by atoms with Crippen LogP contribution in [0.2, 0.25) is 5.02 Å². The quantitative estimate of drug-likeness (QED) is 0.789. The van der Waals surface area contributed by atoms with Crippen LogP contribution in [0.5, 0.6) is 5.75 Å². The molecule has 0 atom stereocenters. The average molecular weight is 230 g/mol. The normalized spacial score (nSPS) is 10.4. The van der Waals surface area contributed by atoms with E-state index >= 15 is 0 Å². The number of rotatable bonds is 5. The van der Waals surface area contributed by atoms with Crippen LogP contribution >= 0.6 is 11.6 Å². The highest BCUT2D eigenvalue weighted by molar-refractivity contribution is 6.32. The number of methoxy groups -OCH3 is 1. The zero-order valence-corrected chi connectivity index (χ0v) is 9.80. The van der Waals surface area contributed by atoms with Crippen LogP contribution in [0.4, 0.5) is 0 Å². The Morgan fingerprint density at radius 1 is 1.40 bits per heavy atom. The van der Waals surface area contributed by atoms with Gasteiger partial charge in [-0.25, -0.2) is 5.90 Å². The lowest BCUT2D eigenvalue weighted by Gasteiger charge is -2.11. The van der Waals surface area contributed by atoms with E-state index < -0.39 is 0 Å². The predicted molar refractivity (Wildman–Crippen MR) is 61.2 cm³/mol. The first-order chi connectivity index (χ1) is 7.22. The third-order valence-electron chi connectivity index (χ3n) is 2.28. The molecule has 15 heavy (non-hydrogen) atoms. The Labute approximate surface area is 95.1 Å². The first kappa shape index (κ1) is 12.3. The van der Waals surface area contributed by atoms with E-state index in [1.807, 2.05) is 6.07 Å². The molecule has 1 rings (SSSR count). The van der Waals surface area contributed by atoms with Gasteiger partial charge in [-0.3, -0.25) is 0 Å². The van der Waals surface area contributed by atoms with E-state index in [1.165, 1.54) is 5.56 Å². The maximum Gasteiger partial charge on any atom is 0.140 e. The highest BCUT2D eigenvalue weighted by Gasteiger charge is 2.09. The van der Waals surface area contributed by atoms with Gasteiger partial charge in [-0.05, 0) is 23.6 Å². The molecule has 0 unspecified atom stereocenters. The van der Waals surface area contributed by atoms with Gasteiger partial charge in [-0.1, -0.05) is 24.6 Å². The molecule has 0 heterocycles. The number of benzene rings is 1. The van der Waals surface area contributed by atoms with Crippen LogP contribution in [-0.4, -0.2) is 13.7 Å². The minimum Gasteiger partial charge on any atom is -0.495 e. The smallest absolute Gasteiger partial charge is 0.140 e. The fraction of sp³-hybridized carbons (Fsp3) is 0.455. The van der Waals surface area contributed by atoms with Gasteiger partial charge in [-0.15, -0.1) is 0 Å². The highest BCUT2D eigenvalue weighted by Crippen LogP contribution is 2.30. The summed E-state index contributed by atoms with van der Waals surface area (Å²) in [5, 5.41) is 0.642. The van der Waals surface area contributed by atoms with E-state index in [-0.39, 0.29) is 0 Å². The third kappa shape index (κ3) is 3.09. The largest absolute Gasteiger partial charge is 0.495 e. The molecular weight excluding hydrogens is 214 g/mol. The fourth-order valence-corrected chi connectivity index (χ4v) is 1.84. The molecule has 84 valence electrons. The molecule has 4 heteroatoms. The molecule has 0 amide bonds. The van der Waals surface area contributed by atoms with Crippen molar-refractivity contribution in [2.75, 3.05) is 13.7 Å². The first-order valence-corrected chi connectivity index (χ1v) is 5.27. The van der Waals surface area contributed by atoms with Gasteiger partial charge < -0.3 is 9.57 Å². The van der Waals surface area contributed by atoms with Gasteiger partial charge in [-0.2, -0.15) is 0 Å². The zero-order chi connectivity index (χ0) is 11.3. The topological polar surface area (TPSA) is 44.5 Å². The van der Waals surface area contributed by atoms with Gasteiger partial charge in [0.05, 0.1) is 18.7 Å². The molecule has 0 aliphatic carbocycles. The number of hydrogen-bond donors (Lipinski definition) is 1. The summed E-state index contributed by atoms with van der Waals surface area (Å²) in [5.41, 5.74) is 2.22. The predicted octanol–water partition coefficient (Wildman–Crippen LogP) is 2.34. The highest BCUT2D eigenvalue weighted by atomic mass is 35.5. The average Bonchev–Trinajstić information content (AvgIpc) is 2.25. The van der Waals surface area contributed by atoms with E-state index in [1.54, 1.807) is 7.11 Å². The Balaban J connectivity index is 3.02. The van der Waals surface area contributed by atoms with Crippen LogP contribution in [0.15, 0.2) is 12.1 Å².